The molecule has 1 amide bonds. The zero-order valence-corrected chi connectivity index (χ0v) is 10.1. The molecule has 0 atom stereocenters. The van der Waals surface area contributed by atoms with Crippen LogP contribution in [0.2, 0.25) is 0 Å². The Hall–Kier alpha value is -1.62. The number of phenolic OH excluding ortho intramolecular Hbond substituents is 1. The summed E-state index contributed by atoms with van der Waals surface area (Å²) in [5, 5.41) is 15.1. The highest BCUT2D eigenvalue weighted by molar-refractivity contribution is 5.76. The predicted octanol–water partition coefficient (Wildman–Crippen LogP) is 1.29. The molecule has 2 rings (SSSR count). The van der Waals surface area contributed by atoms with Crippen molar-refractivity contribution in [2.75, 3.05) is 6.54 Å². The van der Waals surface area contributed by atoms with E-state index in [0.717, 1.165) is 18.9 Å². The summed E-state index contributed by atoms with van der Waals surface area (Å²) in [6.45, 7) is 0.970. The summed E-state index contributed by atoms with van der Waals surface area (Å²) in [6.07, 6.45) is 2.58. The summed E-state index contributed by atoms with van der Waals surface area (Å²) in [6, 6.07) is 4.31. The smallest absolute Gasteiger partial charge is 0.221 e. The molecule has 0 bridgehead atoms. The van der Waals surface area contributed by atoms with Gasteiger partial charge in [-0.05, 0) is 30.5 Å². The van der Waals surface area contributed by atoms with Gasteiger partial charge in [0, 0.05) is 31.6 Å². The first-order valence-corrected chi connectivity index (χ1v) is 6.12. The van der Waals surface area contributed by atoms with E-state index < -0.39 is 5.82 Å². The van der Waals surface area contributed by atoms with Crippen molar-refractivity contribution in [2.45, 2.75) is 31.8 Å². The average molecular weight is 252 g/mol. The molecule has 1 aromatic carbocycles. The molecule has 1 aliphatic rings. The maximum atomic E-state index is 13.0. The highest BCUT2D eigenvalue weighted by atomic mass is 19.1. The number of halogens is 1. The lowest BCUT2D eigenvalue weighted by atomic mass is 10.2. The molecule has 0 aromatic heterocycles. The van der Waals surface area contributed by atoms with E-state index in [0.29, 0.717) is 31.1 Å². The topological polar surface area (TPSA) is 61.4 Å². The van der Waals surface area contributed by atoms with E-state index in [-0.39, 0.29) is 11.7 Å². The molecule has 3 N–H and O–H groups in total. The monoisotopic (exact) mass is 252 g/mol. The molecule has 1 aliphatic carbocycles. The fourth-order valence-corrected chi connectivity index (χ4v) is 1.70. The summed E-state index contributed by atoms with van der Waals surface area (Å²) < 4.78 is 13.0. The van der Waals surface area contributed by atoms with Gasteiger partial charge in [-0.1, -0.05) is 0 Å². The third kappa shape index (κ3) is 4.33. The Balaban J connectivity index is 1.66. The predicted molar refractivity (Wildman–Crippen MR) is 65.6 cm³/mol. The van der Waals surface area contributed by atoms with Gasteiger partial charge in [-0.15, -0.1) is 0 Å². The van der Waals surface area contributed by atoms with Gasteiger partial charge in [0.25, 0.3) is 0 Å². The van der Waals surface area contributed by atoms with E-state index in [4.69, 9.17) is 0 Å². The molecule has 0 saturated heterocycles. The number of phenols is 1. The Labute approximate surface area is 105 Å². The lowest BCUT2D eigenvalue weighted by Crippen LogP contribution is -2.29. The van der Waals surface area contributed by atoms with Crippen LogP contribution in [0.5, 0.6) is 5.75 Å². The van der Waals surface area contributed by atoms with Gasteiger partial charge in [-0.2, -0.15) is 0 Å². The molecule has 0 aliphatic heterocycles. The molecule has 5 heteroatoms. The molecule has 1 fully saturated rings. The normalized spacial score (nSPS) is 14.5. The molecule has 0 radical (unpaired) electrons. The highest BCUT2D eigenvalue weighted by Gasteiger charge is 2.22. The quantitative estimate of drug-likeness (QED) is 0.669. The Morgan fingerprint density at radius 1 is 1.39 bits per heavy atom. The Bertz CT molecular complexity index is 413. The molecule has 4 nitrogen and oxygen atoms in total. The average Bonchev–Trinajstić information content (AvgIpc) is 3.07. The molecular formula is C13H17FN2O2. The maximum Gasteiger partial charge on any atom is 0.221 e. The van der Waals surface area contributed by atoms with Gasteiger partial charge >= 0.3 is 0 Å². The van der Waals surface area contributed by atoms with Gasteiger partial charge in [-0.25, -0.2) is 4.39 Å². The van der Waals surface area contributed by atoms with Crippen molar-refractivity contribution < 1.29 is 14.3 Å². The number of hydrogen-bond donors (Lipinski definition) is 3. The zero-order chi connectivity index (χ0) is 13.0. The first-order valence-electron chi connectivity index (χ1n) is 6.12. The Kier molecular flexibility index (Phi) is 4.15. The molecule has 1 saturated carbocycles. The van der Waals surface area contributed by atoms with Crippen molar-refractivity contribution in [3.63, 3.8) is 0 Å². The number of amides is 1. The fraction of sp³-hybridized carbons (Fsp3) is 0.462. The van der Waals surface area contributed by atoms with Crippen LogP contribution < -0.4 is 10.6 Å². The van der Waals surface area contributed by atoms with Crippen LogP contribution in [0.25, 0.3) is 0 Å². The number of benzene rings is 1. The first-order chi connectivity index (χ1) is 8.63. The summed E-state index contributed by atoms with van der Waals surface area (Å²) in [5.74, 6) is -0.497. The van der Waals surface area contributed by atoms with Crippen LogP contribution in [-0.2, 0) is 11.3 Å². The van der Waals surface area contributed by atoms with E-state index >= 15 is 0 Å². The number of aromatic hydroxyl groups is 1. The number of nitrogens with one attached hydrogen (secondary N) is 2. The lowest BCUT2D eigenvalue weighted by molar-refractivity contribution is -0.121. The van der Waals surface area contributed by atoms with Crippen molar-refractivity contribution in [1.82, 2.24) is 10.6 Å². The van der Waals surface area contributed by atoms with Gasteiger partial charge < -0.3 is 15.7 Å². The molecule has 0 spiro atoms. The molecule has 18 heavy (non-hydrogen) atoms. The second-order valence-electron chi connectivity index (χ2n) is 4.59. The third-order valence-corrected chi connectivity index (χ3v) is 2.74. The number of carbonyl (C=O) groups is 1. The lowest BCUT2D eigenvalue weighted by Gasteiger charge is -2.06. The standard InChI is InChI=1S/C13H17FN2O2/c14-10-5-9(6-12(17)7-10)8-15-4-3-13(18)16-11-1-2-11/h5-7,11,15,17H,1-4,8H2,(H,16,18). The molecular weight excluding hydrogens is 235 g/mol. The Morgan fingerprint density at radius 2 is 2.17 bits per heavy atom. The van der Waals surface area contributed by atoms with Gasteiger partial charge in [0.2, 0.25) is 5.91 Å². The van der Waals surface area contributed by atoms with Crippen molar-refractivity contribution >= 4 is 5.91 Å². The van der Waals surface area contributed by atoms with Crippen LogP contribution in [0, 0.1) is 5.82 Å². The van der Waals surface area contributed by atoms with Crippen molar-refractivity contribution in [2.24, 2.45) is 0 Å². The van der Waals surface area contributed by atoms with Gasteiger partial charge in [0.15, 0.2) is 0 Å². The van der Waals surface area contributed by atoms with Gasteiger partial charge in [0.1, 0.15) is 11.6 Å². The minimum atomic E-state index is -0.460. The summed E-state index contributed by atoms with van der Waals surface area (Å²) in [5.41, 5.74) is 0.662. The second kappa shape index (κ2) is 5.82. The summed E-state index contributed by atoms with van der Waals surface area (Å²) >= 11 is 0. The summed E-state index contributed by atoms with van der Waals surface area (Å²) in [4.78, 5) is 11.4. The highest BCUT2D eigenvalue weighted by Crippen LogP contribution is 2.18. The molecule has 0 unspecified atom stereocenters. The molecule has 1 aromatic rings. The molecule has 98 valence electrons. The number of rotatable bonds is 6. The number of hydrogen-bond acceptors (Lipinski definition) is 3. The van der Waals surface area contributed by atoms with E-state index in [1.54, 1.807) is 0 Å². The van der Waals surface area contributed by atoms with Crippen molar-refractivity contribution in [3.05, 3.63) is 29.6 Å². The van der Waals surface area contributed by atoms with E-state index in [2.05, 4.69) is 10.6 Å². The van der Waals surface area contributed by atoms with E-state index in [1.165, 1.54) is 12.1 Å². The van der Waals surface area contributed by atoms with Crippen LogP contribution in [0.15, 0.2) is 18.2 Å². The van der Waals surface area contributed by atoms with Crippen LogP contribution in [0.1, 0.15) is 24.8 Å². The SMILES string of the molecule is O=C(CCNCc1cc(O)cc(F)c1)NC1CC1. The van der Waals surface area contributed by atoms with Crippen molar-refractivity contribution in [1.29, 1.82) is 0 Å². The number of carbonyl (C=O) groups excluding carboxylic acids is 1. The maximum absolute atomic E-state index is 13.0. The molecule has 0 heterocycles. The van der Waals surface area contributed by atoms with Crippen LogP contribution in [0.4, 0.5) is 4.39 Å². The van der Waals surface area contributed by atoms with Crippen LogP contribution in [-0.4, -0.2) is 23.6 Å². The zero-order valence-electron chi connectivity index (χ0n) is 10.1. The van der Waals surface area contributed by atoms with Crippen LogP contribution in [0.3, 0.4) is 0 Å². The van der Waals surface area contributed by atoms with E-state index in [1.807, 2.05) is 0 Å². The third-order valence-electron chi connectivity index (χ3n) is 2.74. The summed E-state index contributed by atoms with van der Waals surface area (Å²) in [7, 11) is 0. The van der Waals surface area contributed by atoms with Crippen LogP contribution >= 0.6 is 0 Å². The van der Waals surface area contributed by atoms with Crippen molar-refractivity contribution in [3.8, 4) is 5.75 Å². The second-order valence-corrected chi connectivity index (χ2v) is 4.59. The largest absolute Gasteiger partial charge is 0.508 e. The van der Waals surface area contributed by atoms with E-state index in [9.17, 15) is 14.3 Å². The minimum absolute atomic E-state index is 0.0482. The van der Waals surface area contributed by atoms with Gasteiger partial charge in [0.05, 0.1) is 0 Å². The fourth-order valence-electron chi connectivity index (χ4n) is 1.70. The minimum Gasteiger partial charge on any atom is -0.508 e. The Morgan fingerprint density at radius 3 is 2.83 bits per heavy atom. The van der Waals surface area contributed by atoms with Gasteiger partial charge in [-0.3, -0.25) is 4.79 Å². The first kappa shape index (κ1) is 12.8.